The normalized spacial score (nSPS) is 21.8. The molecule has 1 aromatic rings. The summed E-state index contributed by atoms with van der Waals surface area (Å²) in [5.74, 6) is 0.693. The first kappa shape index (κ1) is 20.9. The SMILES string of the molecule is CC(C)(C)OC(=O)N1CC2(CN(CC3CCN(c4ccc([N+](=O)[O-])cc4)CC3)C2)C1. The number of piperidine rings is 1. The largest absolute Gasteiger partial charge is 0.444 e. The molecule has 8 nitrogen and oxygen atoms in total. The van der Waals surface area contributed by atoms with Gasteiger partial charge in [0.1, 0.15) is 5.60 Å². The molecule has 0 N–H and O–H groups in total. The molecule has 1 aromatic carbocycles. The zero-order valence-electron chi connectivity index (χ0n) is 18.2. The summed E-state index contributed by atoms with van der Waals surface area (Å²) in [6.45, 7) is 12.6. The number of likely N-dealkylation sites (tertiary alicyclic amines) is 2. The van der Waals surface area contributed by atoms with Gasteiger partial charge in [0.05, 0.1) is 4.92 Å². The van der Waals surface area contributed by atoms with E-state index >= 15 is 0 Å². The van der Waals surface area contributed by atoms with E-state index in [-0.39, 0.29) is 22.1 Å². The molecule has 0 aromatic heterocycles. The van der Waals surface area contributed by atoms with Gasteiger partial charge in [-0.15, -0.1) is 0 Å². The molecule has 3 saturated heterocycles. The fraction of sp³-hybridized carbons (Fsp3) is 0.682. The van der Waals surface area contributed by atoms with E-state index in [4.69, 9.17) is 4.74 Å². The van der Waals surface area contributed by atoms with Crippen molar-refractivity contribution in [3.63, 3.8) is 0 Å². The van der Waals surface area contributed by atoms with Gasteiger partial charge >= 0.3 is 6.09 Å². The van der Waals surface area contributed by atoms with Crippen LogP contribution in [0.1, 0.15) is 33.6 Å². The minimum Gasteiger partial charge on any atom is -0.444 e. The number of hydrogen-bond donors (Lipinski definition) is 0. The summed E-state index contributed by atoms with van der Waals surface area (Å²) >= 11 is 0. The Labute approximate surface area is 177 Å². The second-order valence-corrected chi connectivity index (χ2v) is 10.2. The maximum atomic E-state index is 12.1. The lowest BCUT2D eigenvalue weighted by Crippen LogP contribution is -2.73. The van der Waals surface area contributed by atoms with Crippen LogP contribution in [0.15, 0.2) is 24.3 Å². The Hall–Kier alpha value is -2.35. The van der Waals surface area contributed by atoms with Gasteiger partial charge < -0.3 is 19.4 Å². The number of anilines is 1. The van der Waals surface area contributed by atoms with Crippen molar-refractivity contribution >= 4 is 17.5 Å². The fourth-order valence-electron chi connectivity index (χ4n) is 4.97. The van der Waals surface area contributed by atoms with Gasteiger partial charge in [0.25, 0.3) is 5.69 Å². The summed E-state index contributed by atoms with van der Waals surface area (Å²) in [4.78, 5) is 29.2. The third kappa shape index (κ3) is 4.53. The van der Waals surface area contributed by atoms with Crippen molar-refractivity contribution < 1.29 is 14.5 Å². The molecular formula is C22H32N4O4. The van der Waals surface area contributed by atoms with Crippen LogP contribution < -0.4 is 4.90 Å². The van der Waals surface area contributed by atoms with E-state index in [1.807, 2.05) is 37.8 Å². The van der Waals surface area contributed by atoms with Crippen LogP contribution in [0.3, 0.4) is 0 Å². The average Bonchev–Trinajstić information content (AvgIpc) is 2.61. The molecular weight excluding hydrogens is 384 g/mol. The third-order valence-corrected chi connectivity index (χ3v) is 6.38. The molecule has 0 saturated carbocycles. The number of hydrogen-bond acceptors (Lipinski definition) is 6. The van der Waals surface area contributed by atoms with Gasteiger partial charge in [0.15, 0.2) is 0 Å². The fourth-order valence-corrected chi connectivity index (χ4v) is 4.97. The number of carbonyl (C=O) groups excluding carboxylic acids is 1. The van der Waals surface area contributed by atoms with Gasteiger partial charge in [-0.25, -0.2) is 4.79 Å². The van der Waals surface area contributed by atoms with Crippen LogP contribution in [-0.4, -0.2) is 72.2 Å². The Morgan fingerprint density at radius 3 is 2.27 bits per heavy atom. The number of amides is 1. The Morgan fingerprint density at radius 2 is 1.73 bits per heavy atom. The predicted octanol–water partition coefficient (Wildman–Crippen LogP) is 3.36. The molecule has 3 fully saturated rings. The van der Waals surface area contributed by atoms with E-state index in [0.717, 1.165) is 64.3 Å². The molecule has 3 aliphatic rings. The predicted molar refractivity (Wildman–Crippen MR) is 115 cm³/mol. The molecule has 3 aliphatic heterocycles. The summed E-state index contributed by atoms with van der Waals surface area (Å²) < 4.78 is 5.45. The highest BCUT2D eigenvalue weighted by molar-refractivity contribution is 5.69. The van der Waals surface area contributed by atoms with Crippen LogP contribution >= 0.6 is 0 Å². The number of nitrogens with zero attached hydrogens (tertiary/aromatic N) is 4. The van der Waals surface area contributed by atoms with Crippen LogP contribution in [-0.2, 0) is 4.74 Å². The molecule has 1 spiro atoms. The van der Waals surface area contributed by atoms with E-state index in [0.29, 0.717) is 5.92 Å². The van der Waals surface area contributed by atoms with E-state index in [1.54, 1.807) is 12.1 Å². The minimum absolute atomic E-state index is 0.140. The lowest BCUT2D eigenvalue weighted by molar-refractivity contribution is -0.384. The van der Waals surface area contributed by atoms with E-state index in [1.165, 1.54) is 0 Å². The van der Waals surface area contributed by atoms with Crippen LogP contribution in [0.5, 0.6) is 0 Å². The summed E-state index contributed by atoms with van der Waals surface area (Å²) in [6.07, 6.45) is 2.10. The molecule has 0 bridgehead atoms. The number of nitro groups is 1. The monoisotopic (exact) mass is 416 g/mol. The average molecular weight is 417 g/mol. The van der Waals surface area contributed by atoms with Gasteiger partial charge in [-0.3, -0.25) is 10.1 Å². The smallest absolute Gasteiger partial charge is 0.410 e. The molecule has 0 aliphatic carbocycles. The Morgan fingerprint density at radius 1 is 1.13 bits per heavy atom. The first-order valence-electron chi connectivity index (χ1n) is 10.8. The van der Waals surface area contributed by atoms with Crippen molar-refractivity contribution in [3.05, 3.63) is 34.4 Å². The summed E-state index contributed by atoms with van der Waals surface area (Å²) in [5.41, 5.74) is 1.06. The number of ether oxygens (including phenoxy) is 1. The van der Waals surface area contributed by atoms with Crippen LogP contribution in [0.4, 0.5) is 16.2 Å². The second kappa shape index (κ2) is 7.72. The molecule has 164 valence electrons. The molecule has 4 rings (SSSR count). The van der Waals surface area contributed by atoms with Crippen molar-refractivity contribution in [2.75, 3.05) is 50.7 Å². The Balaban J connectivity index is 1.16. The van der Waals surface area contributed by atoms with Crippen molar-refractivity contribution in [2.24, 2.45) is 11.3 Å². The van der Waals surface area contributed by atoms with E-state index < -0.39 is 5.60 Å². The molecule has 0 atom stereocenters. The van der Waals surface area contributed by atoms with Crippen LogP contribution in [0.2, 0.25) is 0 Å². The van der Waals surface area contributed by atoms with Crippen LogP contribution in [0.25, 0.3) is 0 Å². The van der Waals surface area contributed by atoms with Gasteiger partial charge in [-0.05, 0) is 51.7 Å². The zero-order valence-corrected chi connectivity index (χ0v) is 18.2. The van der Waals surface area contributed by atoms with Gasteiger partial charge in [0.2, 0.25) is 0 Å². The molecule has 8 heteroatoms. The second-order valence-electron chi connectivity index (χ2n) is 10.2. The van der Waals surface area contributed by atoms with Crippen molar-refractivity contribution in [1.29, 1.82) is 0 Å². The third-order valence-electron chi connectivity index (χ3n) is 6.38. The molecule has 30 heavy (non-hydrogen) atoms. The zero-order chi connectivity index (χ0) is 21.5. The number of carbonyl (C=O) groups is 1. The highest BCUT2D eigenvalue weighted by Gasteiger charge is 2.53. The lowest BCUT2D eigenvalue weighted by Gasteiger charge is -2.60. The molecule has 0 unspecified atom stereocenters. The summed E-state index contributed by atoms with van der Waals surface area (Å²) in [6, 6.07) is 6.87. The first-order chi connectivity index (χ1) is 14.1. The summed E-state index contributed by atoms with van der Waals surface area (Å²) in [7, 11) is 0. The molecule has 3 heterocycles. The topological polar surface area (TPSA) is 79.2 Å². The first-order valence-corrected chi connectivity index (χ1v) is 10.8. The van der Waals surface area contributed by atoms with Crippen molar-refractivity contribution in [2.45, 2.75) is 39.2 Å². The highest BCUT2D eigenvalue weighted by atomic mass is 16.6. The van der Waals surface area contributed by atoms with Gasteiger partial charge in [-0.1, -0.05) is 0 Å². The maximum Gasteiger partial charge on any atom is 0.410 e. The minimum atomic E-state index is -0.436. The standard InChI is InChI=1S/C22H32N4O4/c1-21(2,3)30-20(27)25-15-22(16-25)13-23(14-22)12-17-8-10-24(11-9-17)18-4-6-19(7-5-18)26(28)29/h4-7,17H,8-16H2,1-3H3. The number of nitro benzene ring substituents is 1. The number of rotatable bonds is 4. The van der Waals surface area contributed by atoms with Crippen LogP contribution in [0, 0.1) is 21.4 Å². The highest BCUT2D eigenvalue weighted by Crippen LogP contribution is 2.41. The van der Waals surface area contributed by atoms with E-state index in [9.17, 15) is 14.9 Å². The summed E-state index contributed by atoms with van der Waals surface area (Å²) in [5, 5.41) is 10.8. The Kier molecular flexibility index (Phi) is 5.38. The lowest BCUT2D eigenvalue weighted by atomic mass is 9.72. The van der Waals surface area contributed by atoms with Gasteiger partial charge in [-0.2, -0.15) is 0 Å². The molecule has 1 amide bonds. The Bertz CT molecular complexity index is 782. The van der Waals surface area contributed by atoms with Gasteiger partial charge in [0, 0.05) is 69.0 Å². The van der Waals surface area contributed by atoms with Crippen molar-refractivity contribution in [1.82, 2.24) is 9.80 Å². The quantitative estimate of drug-likeness (QED) is 0.553. The molecule has 0 radical (unpaired) electrons. The van der Waals surface area contributed by atoms with Crippen molar-refractivity contribution in [3.8, 4) is 0 Å². The van der Waals surface area contributed by atoms with E-state index in [2.05, 4.69) is 9.80 Å². The number of benzene rings is 1. The number of non-ortho nitro benzene ring substituents is 1. The maximum absolute atomic E-state index is 12.1.